The standard InChI is InChI=1S/C11H23N3O2S/c1-2-13-5-7-14(8-6-13)17(15,16)10-11-3-4-12-9-11/h11-12H,2-10H2,1H3. The first kappa shape index (κ1) is 13.3. The molecule has 1 N–H and O–H groups in total. The van der Waals surface area contributed by atoms with Gasteiger partial charge in [0.1, 0.15) is 0 Å². The highest BCUT2D eigenvalue weighted by Crippen LogP contribution is 2.15. The molecule has 0 radical (unpaired) electrons. The summed E-state index contributed by atoms with van der Waals surface area (Å²) in [5.41, 5.74) is 0. The summed E-state index contributed by atoms with van der Waals surface area (Å²) in [6.45, 7) is 8.02. The molecule has 0 aromatic rings. The molecule has 2 rings (SSSR count). The molecule has 2 heterocycles. The molecule has 0 aliphatic carbocycles. The minimum atomic E-state index is -3.03. The fraction of sp³-hybridized carbons (Fsp3) is 1.00. The van der Waals surface area contributed by atoms with Gasteiger partial charge in [-0.05, 0) is 32.0 Å². The van der Waals surface area contributed by atoms with Gasteiger partial charge in [-0.15, -0.1) is 0 Å². The van der Waals surface area contributed by atoms with Crippen LogP contribution in [0.1, 0.15) is 13.3 Å². The molecular formula is C11H23N3O2S. The molecule has 2 fully saturated rings. The van der Waals surface area contributed by atoms with Gasteiger partial charge in [-0.25, -0.2) is 8.42 Å². The summed E-state index contributed by atoms with van der Waals surface area (Å²) in [5, 5.41) is 3.22. The number of hydrogen-bond donors (Lipinski definition) is 1. The van der Waals surface area contributed by atoms with E-state index in [9.17, 15) is 8.42 Å². The first-order valence-corrected chi connectivity index (χ1v) is 8.13. The molecule has 2 aliphatic rings. The Morgan fingerprint density at radius 2 is 1.94 bits per heavy atom. The van der Waals surface area contributed by atoms with Crippen LogP contribution in [0.3, 0.4) is 0 Å². The van der Waals surface area contributed by atoms with Gasteiger partial charge in [-0.3, -0.25) is 0 Å². The van der Waals surface area contributed by atoms with Crippen LogP contribution in [-0.4, -0.2) is 69.2 Å². The van der Waals surface area contributed by atoms with E-state index in [0.29, 0.717) is 24.8 Å². The van der Waals surface area contributed by atoms with Crippen molar-refractivity contribution < 1.29 is 8.42 Å². The third-order valence-corrected chi connectivity index (χ3v) is 5.83. The lowest BCUT2D eigenvalue weighted by Gasteiger charge is -2.33. The first-order valence-electron chi connectivity index (χ1n) is 6.52. The molecule has 0 aromatic carbocycles. The third-order valence-electron chi connectivity index (χ3n) is 3.78. The first-order chi connectivity index (χ1) is 8.12. The van der Waals surface area contributed by atoms with Crippen molar-refractivity contribution in [3.8, 4) is 0 Å². The molecule has 5 nitrogen and oxygen atoms in total. The van der Waals surface area contributed by atoms with Crippen LogP contribution in [0.5, 0.6) is 0 Å². The van der Waals surface area contributed by atoms with E-state index in [1.807, 2.05) is 0 Å². The smallest absolute Gasteiger partial charge is 0.214 e. The Hall–Kier alpha value is -0.170. The maximum absolute atomic E-state index is 12.2. The second kappa shape index (κ2) is 5.65. The largest absolute Gasteiger partial charge is 0.316 e. The third kappa shape index (κ3) is 3.40. The van der Waals surface area contributed by atoms with E-state index in [4.69, 9.17) is 0 Å². The highest BCUT2D eigenvalue weighted by molar-refractivity contribution is 7.89. The van der Waals surface area contributed by atoms with Gasteiger partial charge in [0.2, 0.25) is 10.0 Å². The Balaban J connectivity index is 1.87. The molecule has 0 aromatic heterocycles. The Bertz CT molecular complexity index is 331. The average Bonchev–Trinajstić information content (AvgIpc) is 2.81. The van der Waals surface area contributed by atoms with E-state index in [0.717, 1.165) is 39.1 Å². The molecule has 17 heavy (non-hydrogen) atoms. The van der Waals surface area contributed by atoms with Crippen molar-refractivity contribution in [1.29, 1.82) is 0 Å². The predicted molar refractivity (Wildman–Crippen MR) is 68.5 cm³/mol. The van der Waals surface area contributed by atoms with Crippen LogP contribution in [0.2, 0.25) is 0 Å². The van der Waals surface area contributed by atoms with E-state index >= 15 is 0 Å². The summed E-state index contributed by atoms with van der Waals surface area (Å²) in [6.07, 6.45) is 0.994. The number of hydrogen-bond acceptors (Lipinski definition) is 4. The van der Waals surface area contributed by atoms with Crippen molar-refractivity contribution in [1.82, 2.24) is 14.5 Å². The molecule has 0 saturated carbocycles. The molecule has 0 amide bonds. The number of sulfonamides is 1. The predicted octanol–water partition coefficient (Wildman–Crippen LogP) is -0.437. The number of rotatable bonds is 4. The van der Waals surface area contributed by atoms with E-state index in [1.54, 1.807) is 4.31 Å². The summed E-state index contributed by atoms with van der Waals surface area (Å²) < 4.78 is 26.1. The van der Waals surface area contributed by atoms with Crippen LogP contribution in [0.4, 0.5) is 0 Å². The summed E-state index contributed by atoms with van der Waals surface area (Å²) in [6, 6.07) is 0. The summed E-state index contributed by atoms with van der Waals surface area (Å²) in [4.78, 5) is 2.29. The van der Waals surface area contributed by atoms with Gasteiger partial charge in [-0.2, -0.15) is 4.31 Å². The molecule has 1 atom stereocenters. The van der Waals surface area contributed by atoms with Gasteiger partial charge in [0.25, 0.3) is 0 Å². The lowest BCUT2D eigenvalue weighted by atomic mass is 10.2. The lowest BCUT2D eigenvalue weighted by molar-refractivity contribution is 0.196. The van der Waals surface area contributed by atoms with Crippen molar-refractivity contribution in [2.45, 2.75) is 13.3 Å². The minimum absolute atomic E-state index is 0.309. The Morgan fingerprint density at radius 3 is 2.47 bits per heavy atom. The van der Waals surface area contributed by atoms with Crippen LogP contribution >= 0.6 is 0 Å². The SMILES string of the molecule is CCN1CCN(S(=O)(=O)CC2CCNC2)CC1. The van der Waals surface area contributed by atoms with E-state index in [2.05, 4.69) is 17.1 Å². The van der Waals surface area contributed by atoms with Gasteiger partial charge in [0, 0.05) is 26.2 Å². The number of likely N-dealkylation sites (N-methyl/N-ethyl adjacent to an activating group) is 1. The van der Waals surface area contributed by atoms with Crippen LogP contribution in [0.15, 0.2) is 0 Å². The Morgan fingerprint density at radius 1 is 1.24 bits per heavy atom. The monoisotopic (exact) mass is 261 g/mol. The second-order valence-corrected chi connectivity index (χ2v) is 6.98. The number of piperazine rings is 1. The highest BCUT2D eigenvalue weighted by atomic mass is 32.2. The molecule has 1 unspecified atom stereocenters. The van der Waals surface area contributed by atoms with Crippen LogP contribution in [0, 0.1) is 5.92 Å². The van der Waals surface area contributed by atoms with Crippen molar-refractivity contribution in [3.05, 3.63) is 0 Å². The van der Waals surface area contributed by atoms with E-state index in [1.165, 1.54) is 0 Å². The topological polar surface area (TPSA) is 52.7 Å². The van der Waals surface area contributed by atoms with Gasteiger partial charge in [-0.1, -0.05) is 6.92 Å². The van der Waals surface area contributed by atoms with Gasteiger partial charge < -0.3 is 10.2 Å². The summed E-state index contributed by atoms with van der Waals surface area (Å²) >= 11 is 0. The minimum Gasteiger partial charge on any atom is -0.316 e. The molecule has 0 spiro atoms. The van der Waals surface area contributed by atoms with E-state index in [-0.39, 0.29) is 0 Å². The fourth-order valence-electron chi connectivity index (χ4n) is 2.58. The molecule has 2 aliphatic heterocycles. The summed E-state index contributed by atoms with van der Waals surface area (Å²) in [5.74, 6) is 0.635. The van der Waals surface area contributed by atoms with Crippen molar-refractivity contribution >= 4 is 10.0 Å². The average molecular weight is 261 g/mol. The van der Waals surface area contributed by atoms with Gasteiger partial charge >= 0.3 is 0 Å². The maximum Gasteiger partial charge on any atom is 0.214 e. The maximum atomic E-state index is 12.2. The zero-order chi connectivity index (χ0) is 12.3. The summed E-state index contributed by atoms with van der Waals surface area (Å²) in [7, 11) is -3.03. The van der Waals surface area contributed by atoms with Crippen LogP contribution in [-0.2, 0) is 10.0 Å². The van der Waals surface area contributed by atoms with E-state index < -0.39 is 10.0 Å². The fourth-order valence-corrected chi connectivity index (χ4v) is 4.39. The van der Waals surface area contributed by atoms with Crippen molar-refractivity contribution in [3.63, 3.8) is 0 Å². The zero-order valence-corrected chi connectivity index (χ0v) is 11.4. The Labute approximate surface area is 104 Å². The molecule has 6 heteroatoms. The zero-order valence-electron chi connectivity index (χ0n) is 10.6. The van der Waals surface area contributed by atoms with Gasteiger partial charge in [0.15, 0.2) is 0 Å². The molecule has 100 valence electrons. The lowest BCUT2D eigenvalue weighted by Crippen LogP contribution is -2.49. The van der Waals surface area contributed by atoms with Crippen molar-refractivity contribution in [2.75, 3.05) is 51.6 Å². The van der Waals surface area contributed by atoms with Crippen LogP contribution < -0.4 is 5.32 Å². The highest BCUT2D eigenvalue weighted by Gasteiger charge is 2.29. The number of nitrogens with one attached hydrogen (secondary N) is 1. The van der Waals surface area contributed by atoms with Gasteiger partial charge in [0.05, 0.1) is 5.75 Å². The molecule has 0 bridgehead atoms. The normalized spacial score (nSPS) is 28.6. The number of nitrogens with zero attached hydrogens (tertiary/aromatic N) is 2. The quantitative estimate of drug-likeness (QED) is 0.746. The second-order valence-electron chi connectivity index (χ2n) is 4.97. The van der Waals surface area contributed by atoms with Crippen molar-refractivity contribution in [2.24, 2.45) is 5.92 Å². The molecular weight excluding hydrogens is 238 g/mol. The molecule has 2 saturated heterocycles. The van der Waals surface area contributed by atoms with Crippen LogP contribution in [0.25, 0.3) is 0 Å². The Kier molecular flexibility index (Phi) is 4.41.